The molecular weight excluding hydrogens is 458 g/mol. The number of carbonyl (C=O) groups is 1. The van der Waals surface area contributed by atoms with Crippen molar-refractivity contribution < 1.29 is 22.9 Å². The maximum atomic E-state index is 12.7. The molecular formula is C24H24N3O4S2+. The van der Waals surface area contributed by atoms with Crippen LogP contribution in [0.3, 0.4) is 0 Å². The second-order valence-corrected chi connectivity index (χ2v) is 9.54. The van der Waals surface area contributed by atoms with Crippen molar-refractivity contribution in [2.45, 2.75) is 11.8 Å². The molecule has 9 heteroatoms. The van der Waals surface area contributed by atoms with E-state index in [1.165, 1.54) is 7.11 Å². The van der Waals surface area contributed by atoms with E-state index in [0.29, 0.717) is 17.1 Å². The van der Waals surface area contributed by atoms with Crippen LogP contribution >= 0.6 is 12.2 Å². The van der Waals surface area contributed by atoms with Crippen molar-refractivity contribution >= 4 is 44.7 Å². The van der Waals surface area contributed by atoms with Gasteiger partial charge < -0.3 is 10.1 Å². The van der Waals surface area contributed by atoms with Crippen molar-refractivity contribution in [3.05, 3.63) is 95.6 Å². The number of rotatable bonds is 6. The largest absolute Gasteiger partial charge is 0.465 e. The van der Waals surface area contributed by atoms with Crippen LogP contribution in [0.2, 0.25) is 0 Å². The number of ether oxygens (including phenoxy) is 1. The predicted octanol–water partition coefficient (Wildman–Crippen LogP) is 2.03. The van der Waals surface area contributed by atoms with E-state index in [4.69, 9.17) is 17.0 Å². The number of nitrogens with one attached hydrogen (secondary N) is 3. The van der Waals surface area contributed by atoms with Gasteiger partial charge in [-0.15, -0.1) is 0 Å². The number of esters is 1. The zero-order valence-corrected chi connectivity index (χ0v) is 19.8. The summed E-state index contributed by atoms with van der Waals surface area (Å²) in [6, 6.07) is 22.4. The van der Waals surface area contributed by atoms with E-state index in [9.17, 15) is 13.2 Å². The molecule has 3 rings (SSSR count). The first-order valence-corrected chi connectivity index (χ1v) is 12.1. The summed E-state index contributed by atoms with van der Waals surface area (Å²) in [6.07, 6.45) is 0. The summed E-state index contributed by atoms with van der Waals surface area (Å²) in [7, 11) is -2.24. The number of thiocarbonyl (C=S) groups is 1. The lowest BCUT2D eigenvalue weighted by Crippen LogP contribution is -2.78. The van der Waals surface area contributed by atoms with Gasteiger partial charge in [0.05, 0.1) is 23.1 Å². The number of methoxy groups -OCH3 is 1. The SMILES string of the molecule is COC(=O)c1ccc(NC(=S)NC(=[NH+]CS(=O)(=O)c2ccccc2)c2ccc(C)cc2)cc1. The Hall–Kier alpha value is -3.56. The summed E-state index contributed by atoms with van der Waals surface area (Å²) in [5.74, 6) is -0.303. The van der Waals surface area contributed by atoms with E-state index >= 15 is 0 Å². The summed E-state index contributed by atoms with van der Waals surface area (Å²) in [5, 5.41) is 6.32. The average Bonchev–Trinajstić information content (AvgIpc) is 2.83. The fraction of sp³-hybridized carbons (Fsp3) is 0.125. The predicted molar refractivity (Wildman–Crippen MR) is 132 cm³/mol. The Balaban J connectivity index is 1.79. The fourth-order valence-electron chi connectivity index (χ4n) is 2.90. The monoisotopic (exact) mass is 482 g/mol. The summed E-state index contributed by atoms with van der Waals surface area (Å²) in [5.41, 5.74) is 2.89. The summed E-state index contributed by atoms with van der Waals surface area (Å²) in [6.45, 7) is 1.97. The molecule has 170 valence electrons. The number of amidine groups is 1. The minimum Gasteiger partial charge on any atom is -0.465 e. The lowest BCUT2D eigenvalue weighted by molar-refractivity contribution is -0.434. The van der Waals surface area contributed by atoms with E-state index in [1.807, 2.05) is 31.2 Å². The smallest absolute Gasteiger partial charge is 0.337 e. The molecule has 3 aromatic carbocycles. The Morgan fingerprint density at radius 2 is 1.55 bits per heavy atom. The minimum atomic E-state index is -3.56. The van der Waals surface area contributed by atoms with E-state index in [1.54, 1.807) is 54.6 Å². The number of sulfone groups is 1. The van der Waals surface area contributed by atoms with Crippen molar-refractivity contribution in [2.24, 2.45) is 0 Å². The Labute approximate surface area is 198 Å². The topological polar surface area (TPSA) is 98.5 Å². The lowest BCUT2D eigenvalue weighted by atomic mass is 10.1. The van der Waals surface area contributed by atoms with Gasteiger partial charge in [0.25, 0.3) is 10.9 Å². The normalized spacial score (nSPS) is 11.5. The maximum absolute atomic E-state index is 12.7. The third kappa shape index (κ3) is 6.71. The molecule has 0 radical (unpaired) electrons. The highest BCUT2D eigenvalue weighted by atomic mass is 32.2. The van der Waals surface area contributed by atoms with Crippen LogP contribution in [0.25, 0.3) is 0 Å². The van der Waals surface area contributed by atoms with Gasteiger partial charge in [0.1, 0.15) is 0 Å². The van der Waals surface area contributed by atoms with Crippen LogP contribution in [-0.2, 0) is 14.6 Å². The van der Waals surface area contributed by atoms with E-state index in [0.717, 1.165) is 11.1 Å². The van der Waals surface area contributed by atoms with Gasteiger partial charge in [-0.05, 0) is 67.7 Å². The number of hydrogen-bond donors (Lipinski definition) is 3. The fourth-order valence-corrected chi connectivity index (χ4v) is 4.19. The molecule has 3 N–H and O–H groups in total. The Morgan fingerprint density at radius 1 is 0.939 bits per heavy atom. The number of anilines is 1. The molecule has 7 nitrogen and oxygen atoms in total. The van der Waals surface area contributed by atoms with Crippen molar-refractivity contribution in [1.29, 1.82) is 0 Å². The third-order valence-electron chi connectivity index (χ3n) is 4.68. The van der Waals surface area contributed by atoms with E-state index in [2.05, 4.69) is 15.6 Å². The summed E-state index contributed by atoms with van der Waals surface area (Å²) < 4.78 is 30.1. The van der Waals surface area contributed by atoms with Crippen molar-refractivity contribution in [3.63, 3.8) is 0 Å². The number of benzene rings is 3. The third-order valence-corrected chi connectivity index (χ3v) is 6.40. The molecule has 0 aliphatic heterocycles. The highest BCUT2D eigenvalue weighted by Gasteiger charge is 2.19. The van der Waals surface area contributed by atoms with Crippen LogP contribution in [0.4, 0.5) is 5.69 Å². The maximum Gasteiger partial charge on any atom is 0.337 e. The van der Waals surface area contributed by atoms with Gasteiger partial charge in [0, 0.05) is 5.69 Å². The summed E-state index contributed by atoms with van der Waals surface area (Å²) in [4.78, 5) is 14.8. The van der Waals surface area contributed by atoms with Crippen LogP contribution in [0.1, 0.15) is 21.5 Å². The quantitative estimate of drug-likeness (QED) is 0.214. The molecule has 0 bridgehead atoms. The second kappa shape index (κ2) is 10.8. The van der Waals surface area contributed by atoms with Crippen LogP contribution in [-0.4, -0.2) is 38.3 Å². The number of aryl methyl sites for hydroxylation is 1. The van der Waals surface area contributed by atoms with Gasteiger partial charge in [0.15, 0.2) is 5.88 Å². The molecule has 0 fully saturated rings. The molecule has 0 unspecified atom stereocenters. The Morgan fingerprint density at radius 3 is 2.15 bits per heavy atom. The zero-order chi connectivity index (χ0) is 23.8. The summed E-state index contributed by atoms with van der Waals surface area (Å²) >= 11 is 5.42. The van der Waals surface area contributed by atoms with Crippen LogP contribution < -0.4 is 15.6 Å². The molecule has 0 aromatic heterocycles. The highest BCUT2D eigenvalue weighted by Crippen LogP contribution is 2.11. The molecule has 0 saturated heterocycles. The number of hydrogen-bond acceptors (Lipinski definition) is 5. The van der Waals surface area contributed by atoms with Crippen molar-refractivity contribution in [3.8, 4) is 0 Å². The minimum absolute atomic E-state index is 0.229. The molecule has 0 amide bonds. The van der Waals surface area contributed by atoms with Gasteiger partial charge in [-0.2, -0.15) is 0 Å². The van der Waals surface area contributed by atoms with Crippen molar-refractivity contribution in [2.75, 3.05) is 18.3 Å². The second-order valence-electron chi connectivity index (χ2n) is 7.14. The molecule has 33 heavy (non-hydrogen) atoms. The number of carbonyl (C=O) groups excluding carboxylic acids is 1. The van der Waals surface area contributed by atoms with Gasteiger partial charge in [-0.1, -0.05) is 35.9 Å². The molecule has 0 aliphatic rings. The van der Waals surface area contributed by atoms with Gasteiger partial charge >= 0.3 is 5.97 Å². The Kier molecular flexibility index (Phi) is 7.92. The molecule has 0 saturated carbocycles. The van der Waals surface area contributed by atoms with E-state index in [-0.39, 0.29) is 15.9 Å². The van der Waals surface area contributed by atoms with Crippen LogP contribution in [0.15, 0.2) is 83.8 Å². The van der Waals surface area contributed by atoms with Gasteiger partial charge in [0.2, 0.25) is 9.84 Å². The zero-order valence-electron chi connectivity index (χ0n) is 18.2. The lowest BCUT2D eigenvalue weighted by Gasteiger charge is -2.09. The molecule has 0 spiro atoms. The average molecular weight is 483 g/mol. The molecule has 3 aromatic rings. The Bertz CT molecular complexity index is 1260. The molecule has 0 heterocycles. The first kappa shape index (κ1) is 24.1. The van der Waals surface area contributed by atoms with Gasteiger partial charge in [-0.3, -0.25) is 4.99 Å². The van der Waals surface area contributed by atoms with Crippen LogP contribution in [0, 0.1) is 6.92 Å². The first-order valence-electron chi connectivity index (χ1n) is 10.0. The van der Waals surface area contributed by atoms with Gasteiger partial charge in [-0.25, -0.2) is 18.5 Å². The first-order chi connectivity index (χ1) is 15.8. The highest BCUT2D eigenvalue weighted by molar-refractivity contribution is 7.91. The standard InChI is InChI=1S/C24H23N3O4S2/c1-17-8-10-18(11-9-17)22(25-16-33(29,30)21-6-4-3-5-7-21)27-24(32)26-20-14-12-19(13-15-20)23(28)31-2/h3-15H,16H2,1-2H3,(H2,25,26,27,32)/p+1. The van der Waals surface area contributed by atoms with E-state index < -0.39 is 15.8 Å². The molecule has 0 atom stereocenters. The van der Waals surface area contributed by atoms with Crippen LogP contribution in [0.5, 0.6) is 0 Å². The molecule has 0 aliphatic carbocycles. The van der Waals surface area contributed by atoms with Crippen molar-refractivity contribution in [1.82, 2.24) is 5.32 Å².